The van der Waals surface area contributed by atoms with Crippen molar-refractivity contribution in [3.8, 4) is 28.4 Å². The highest BCUT2D eigenvalue weighted by molar-refractivity contribution is 5.71. The molecular weight excluding hydrogens is 456 g/mol. The van der Waals surface area contributed by atoms with Gasteiger partial charge in [0.2, 0.25) is 0 Å². The molecule has 4 heterocycles. The van der Waals surface area contributed by atoms with E-state index in [2.05, 4.69) is 32.4 Å². The Morgan fingerprint density at radius 2 is 2.09 bits per heavy atom. The Hall–Kier alpha value is -3.47. The molecule has 0 saturated carbocycles. The van der Waals surface area contributed by atoms with Gasteiger partial charge in [-0.2, -0.15) is 9.37 Å². The van der Waals surface area contributed by atoms with E-state index < -0.39 is 17.8 Å². The zero-order valence-corrected chi connectivity index (χ0v) is 19.7. The fourth-order valence-electron chi connectivity index (χ4n) is 5.16. The molecule has 2 aromatic heterocycles. The predicted octanol–water partition coefficient (Wildman–Crippen LogP) is 2.59. The molecule has 184 valence electrons. The van der Waals surface area contributed by atoms with E-state index in [0.29, 0.717) is 23.4 Å². The zero-order valence-electron chi connectivity index (χ0n) is 19.7. The van der Waals surface area contributed by atoms with E-state index >= 15 is 4.39 Å². The third kappa shape index (κ3) is 4.24. The number of hydrogen-bond acceptors (Lipinski definition) is 8. The van der Waals surface area contributed by atoms with Gasteiger partial charge in [-0.25, -0.2) is 14.2 Å². The van der Waals surface area contributed by atoms with Crippen LogP contribution in [0.5, 0.6) is 5.75 Å². The minimum Gasteiger partial charge on any atom is -0.507 e. The lowest BCUT2D eigenvalue weighted by Crippen LogP contribution is -2.66. The van der Waals surface area contributed by atoms with Gasteiger partial charge in [-0.05, 0) is 44.7 Å². The number of piperidine rings is 2. The lowest BCUT2D eigenvalue weighted by molar-refractivity contribution is 0.0607. The van der Waals surface area contributed by atoms with Crippen molar-refractivity contribution in [3.63, 3.8) is 0 Å². The zero-order chi connectivity index (χ0) is 24.9. The van der Waals surface area contributed by atoms with Gasteiger partial charge in [-0.15, -0.1) is 10.2 Å². The molecule has 1 aromatic carbocycles. The van der Waals surface area contributed by atoms with Crippen molar-refractivity contribution >= 4 is 5.82 Å². The van der Waals surface area contributed by atoms with Gasteiger partial charge in [-0.1, -0.05) is 6.07 Å². The monoisotopic (exact) mass is 483 g/mol. The van der Waals surface area contributed by atoms with Gasteiger partial charge in [0.1, 0.15) is 11.9 Å². The molecule has 2 fully saturated rings. The number of rotatable bonds is 4. The SMILES string of the molecule is CN(c1cnc(-c2ccc(-c3cc(F)n(C)c(=O)n3)cc2O)nn1)[C@H]1C[C@]2(C)CCC[C@H](N2)[C@H]1F. The maximum Gasteiger partial charge on any atom is 0.350 e. The number of aromatic hydroxyl groups is 1. The molecule has 0 spiro atoms. The second kappa shape index (κ2) is 8.63. The number of aromatic nitrogens is 5. The average molecular weight is 484 g/mol. The number of hydrogen-bond donors (Lipinski definition) is 2. The number of nitrogens with one attached hydrogen (secondary N) is 1. The van der Waals surface area contributed by atoms with Crippen LogP contribution in [0, 0.1) is 5.95 Å². The molecule has 4 atom stereocenters. The molecule has 5 rings (SSSR count). The van der Waals surface area contributed by atoms with Crippen molar-refractivity contribution in [2.75, 3.05) is 11.9 Å². The summed E-state index contributed by atoms with van der Waals surface area (Å²) < 4.78 is 29.9. The largest absolute Gasteiger partial charge is 0.507 e. The number of alkyl halides is 1. The molecule has 35 heavy (non-hydrogen) atoms. The number of nitrogens with zero attached hydrogens (tertiary/aromatic N) is 6. The smallest absolute Gasteiger partial charge is 0.350 e. The van der Waals surface area contributed by atoms with Gasteiger partial charge in [0, 0.05) is 37.3 Å². The Bertz CT molecular complexity index is 1320. The molecule has 2 aliphatic rings. The molecule has 9 nitrogen and oxygen atoms in total. The average Bonchev–Trinajstić information content (AvgIpc) is 2.84. The first-order valence-corrected chi connectivity index (χ1v) is 11.6. The van der Waals surface area contributed by atoms with Crippen molar-refractivity contribution in [2.24, 2.45) is 7.05 Å². The summed E-state index contributed by atoms with van der Waals surface area (Å²) in [5, 5.41) is 22.4. The van der Waals surface area contributed by atoms with Crippen molar-refractivity contribution < 1.29 is 13.9 Å². The van der Waals surface area contributed by atoms with Gasteiger partial charge in [0.05, 0.1) is 23.5 Å². The molecule has 11 heteroatoms. The lowest BCUT2D eigenvalue weighted by atomic mass is 9.74. The van der Waals surface area contributed by atoms with Crippen LogP contribution in [-0.4, -0.2) is 60.7 Å². The Labute approximate surface area is 200 Å². The van der Waals surface area contributed by atoms with Crippen LogP contribution < -0.4 is 15.9 Å². The number of benzene rings is 1. The lowest BCUT2D eigenvalue weighted by Gasteiger charge is -2.51. The highest BCUT2D eigenvalue weighted by atomic mass is 19.1. The van der Waals surface area contributed by atoms with E-state index in [1.54, 1.807) is 24.1 Å². The first-order chi connectivity index (χ1) is 16.6. The summed E-state index contributed by atoms with van der Waals surface area (Å²) in [6.45, 7) is 2.14. The molecule has 2 saturated heterocycles. The standard InChI is InChI=1S/C24H27F2N7O2/c1-24-8-4-5-15(29-24)21(26)17(11-24)32(2)20-12-27-22(31-30-20)14-7-6-13(9-18(14)34)16-10-19(25)33(3)23(35)28-16/h6-7,9-10,12,15,17,21,29,34H,4-5,8,11H2,1-3H3/t15-,17-,21+,24-/m0/s1. The molecule has 0 unspecified atom stereocenters. The Morgan fingerprint density at radius 1 is 1.29 bits per heavy atom. The van der Waals surface area contributed by atoms with Crippen molar-refractivity contribution in [1.82, 2.24) is 30.0 Å². The summed E-state index contributed by atoms with van der Waals surface area (Å²) in [6.07, 6.45) is 4.00. The molecule has 0 aliphatic carbocycles. The van der Waals surface area contributed by atoms with Crippen molar-refractivity contribution in [2.45, 2.75) is 56.4 Å². The number of fused-ring (bicyclic) bond motifs is 2. The Kier molecular flexibility index (Phi) is 5.74. The normalized spacial score (nSPS) is 25.9. The molecule has 0 amide bonds. The van der Waals surface area contributed by atoms with E-state index in [0.717, 1.165) is 29.9 Å². The van der Waals surface area contributed by atoms with Crippen LogP contribution >= 0.6 is 0 Å². The summed E-state index contributed by atoms with van der Waals surface area (Å²) in [6, 6.07) is 5.11. The van der Waals surface area contributed by atoms with Crippen LogP contribution in [0.3, 0.4) is 0 Å². The number of anilines is 1. The van der Waals surface area contributed by atoms with Crippen LogP contribution in [0.25, 0.3) is 22.6 Å². The highest BCUT2D eigenvalue weighted by Gasteiger charge is 2.47. The summed E-state index contributed by atoms with van der Waals surface area (Å²) in [7, 11) is 3.08. The number of halogens is 2. The van der Waals surface area contributed by atoms with Crippen LogP contribution in [0.15, 0.2) is 35.3 Å². The first-order valence-electron chi connectivity index (χ1n) is 11.6. The first kappa shape index (κ1) is 23.3. The molecule has 2 N–H and O–H groups in total. The van der Waals surface area contributed by atoms with Gasteiger partial charge in [0.25, 0.3) is 0 Å². The van der Waals surface area contributed by atoms with Crippen LogP contribution in [-0.2, 0) is 7.05 Å². The molecule has 3 aromatic rings. The van der Waals surface area contributed by atoms with E-state index in [-0.39, 0.29) is 34.9 Å². The summed E-state index contributed by atoms with van der Waals surface area (Å²) >= 11 is 0. The van der Waals surface area contributed by atoms with E-state index in [1.165, 1.54) is 19.3 Å². The van der Waals surface area contributed by atoms with Gasteiger partial charge < -0.3 is 15.3 Å². The molecule has 0 radical (unpaired) electrons. The summed E-state index contributed by atoms with van der Waals surface area (Å²) in [4.78, 5) is 21.8. The fourth-order valence-corrected chi connectivity index (χ4v) is 5.16. The minimum absolute atomic E-state index is 0.0977. The molecular formula is C24H27F2N7O2. The van der Waals surface area contributed by atoms with E-state index in [4.69, 9.17) is 0 Å². The maximum atomic E-state index is 15.2. The summed E-state index contributed by atoms with van der Waals surface area (Å²) in [5.41, 5.74) is -0.0555. The fraction of sp³-hybridized carbons (Fsp3) is 0.458. The third-order valence-corrected chi connectivity index (χ3v) is 7.21. The van der Waals surface area contributed by atoms with E-state index in [1.807, 2.05) is 0 Å². The van der Waals surface area contributed by atoms with Crippen LogP contribution in [0.4, 0.5) is 14.6 Å². The number of phenolic OH excluding ortho intramolecular Hbond substituents is 1. The van der Waals surface area contributed by atoms with Crippen molar-refractivity contribution in [3.05, 3.63) is 46.9 Å². The second-order valence-electron chi connectivity index (χ2n) is 9.71. The third-order valence-electron chi connectivity index (χ3n) is 7.21. The van der Waals surface area contributed by atoms with E-state index in [9.17, 15) is 14.3 Å². The Balaban J connectivity index is 1.37. The molecule has 2 bridgehead atoms. The van der Waals surface area contributed by atoms with Crippen LogP contribution in [0.2, 0.25) is 0 Å². The van der Waals surface area contributed by atoms with Crippen LogP contribution in [0.1, 0.15) is 32.6 Å². The quantitative estimate of drug-likeness (QED) is 0.545. The topological polar surface area (TPSA) is 109 Å². The summed E-state index contributed by atoms with van der Waals surface area (Å²) in [5.74, 6) is -0.282. The molecule has 2 aliphatic heterocycles. The second-order valence-corrected chi connectivity index (χ2v) is 9.71. The van der Waals surface area contributed by atoms with Crippen molar-refractivity contribution in [1.29, 1.82) is 0 Å². The highest BCUT2D eigenvalue weighted by Crippen LogP contribution is 2.38. The predicted molar refractivity (Wildman–Crippen MR) is 126 cm³/mol. The van der Waals surface area contributed by atoms with Gasteiger partial charge >= 0.3 is 5.69 Å². The van der Waals surface area contributed by atoms with Gasteiger partial charge in [-0.3, -0.25) is 4.57 Å². The Morgan fingerprint density at radius 3 is 2.77 bits per heavy atom. The van der Waals surface area contributed by atoms with Gasteiger partial charge in [0.15, 0.2) is 17.6 Å². The maximum absolute atomic E-state index is 15.2. The minimum atomic E-state index is -1.03. The number of phenols is 1.